The van der Waals surface area contributed by atoms with Gasteiger partial charge in [0.2, 0.25) is 0 Å². The number of nitrogens with zero attached hydrogens (tertiary/aromatic N) is 1. The Kier molecular flexibility index (Phi) is 4.12. The molecule has 0 aromatic heterocycles. The van der Waals surface area contributed by atoms with E-state index in [9.17, 15) is 9.18 Å². The lowest BCUT2D eigenvalue weighted by atomic mass is 9.96. The van der Waals surface area contributed by atoms with Gasteiger partial charge < -0.3 is 0 Å². The first-order valence-electron chi connectivity index (χ1n) is 6.62. The zero-order chi connectivity index (χ0) is 13.1. The number of hydrogen-bond donors (Lipinski definition) is 0. The van der Waals surface area contributed by atoms with E-state index in [4.69, 9.17) is 0 Å². The van der Waals surface area contributed by atoms with E-state index in [1.165, 1.54) is 18.6 Å². The minimum atomic E-state index is -0.300. The number of ketones is 1. The number of halogens is 1. The number of Topliss-reactive ketones (excluding diaryl/α,β-unsaturated/α-hetero) is 1. The van der Waals surface area contributed by atoms with Crippen molar-refractivity contribution in [3.63, 3.8) is 0 Å². The van der Waals surface area contributed by atoms with Crippen molar-refractivity contribution in [2.24, 2.45) is 0 Å². The molecule has 0 bridgehead atoms. The highest BCUT2D eigenvalue weighted by Crippen LogP contribution is 2.22. The molecule has 3 heteroatoms. The fraction of sp³-hybridized carbons (Fsp3) is 0.533. The molecule has 2 rings (SSSR count). The Balaban J connectivity index is 2.04. The Morgan fingerprint density at radius 3 is 2.33 bits per heavy atom. The van der Waals surface area contributed by atoms with Gasteiger partial charge in [0.25, 0.3) is 0 Å². The van der Waals surface area contributed by atoms with Crippen LogP contribution in [0.25, 0.3) is 0 Å². The van der Waals surface area contributed by atoms with Gasteiger partial charge in [-0.05, 0) is 51.0 Å². The molecule has 0 amide bonds. The third-order valence-electron chi connectivity index (χ3n) is 3.87. The first kappa shape index (κ1) is 13.2. The topological polar surface area (TPSA) is 20.3 Å². The van der Waals surface area contributed by atoms with E-state index in [0.29, 0.717) is 24.2 Å². The second-order valence-electron chi connectivity index (χ2n) is 5.23. The summed E-state index contributed by atoms with van der Waals surface area (Å²) in [6.45, 7) is 4.79. The SMILES string of the molecule is C[C@@H]1CCC[C@H](C)N1CC(=O)c1ccc(F)cc1. The van der Waals surface area contributed by atoms with Crippen LogP contribution in [0.15, 0.2) is 24.3 Å². The van der Waals surface area contributed by atoms with Crippen LogP contribution in [0.3, 0.4) is 0 Å². The van der Waals surface area contributed by atoms with Gasteiger partial charge in [0.15, 0.2) is 5.78 Å². The second kappa shape index (κ2) is 5.61. The minimum Gasteiger partial charge on any atom is -0.293 e. The molecule has 0 aliphatic carbocycles. The first-order chi connectivity index (χ1) is 8.58. The van der Waals surface area contributed by atoms with E-state index in [2.05, 4.69) is 18.7 Å². The summed E-state index contributed by atoms with van der Waals surface area (Å²) < 4.78 is 12.8. The quantitative estimate of drug-likeness (QED) is 0.766. The minimum absolute atomic E-state index is 0.0793. The zero-order valence-electron chi connectivity index (χ0n) is 11.0. The normalized spacial score (nSPS) is 25.1. The maximum Gasteiger partial charge on any atom is 0.176 e. The fourth-order valence-corrected chi connectivity index (χ4v) is 2.68. The summed E-state index contributed by atoms with van der Waals surface area (Å²) in [4.78, 5) is 14.4. The van der Waals surface area contributed by atoms with Crippen molar-refractivity contribution < 1.29 is 9.18 Å². The molecule has 1 aromatic rings. The summed E-state index contributed by atoms with van der Waals surface area (Å²) in [6.07, 6.45) is 3.55. The van der Waals surface area contributed by atoms with Crippen LogP contribution in [0.2, 0.25) is 0 Å². The Morgan fingerprint density at radius 1 is 1.22 bits per heavy atom. The molecule has 2 atom stereocenters. The molecular weight excluding hydrogens is 229 g/mol. The number of likely N-dealkylation sites (tertiary alicyclic amines) is 1. The monoisotopic (exact) mass is 249 g/mol. The highest BCUT2D eigenvalue weighted by molar-refractivity contribution is 5.97. The van der Waals surface area contributed by atoms with Crippen LogP contribution in [-0.2, 0) is 0 Å². The van der Waals surface area contributed by atoms with Crippen LogP contribution in [0.4, 0.5) is 4.39 Å². The van der Waals surface area contributed by atoms with Gasteiger partial charge in [0.05, 0.1) is 6.54 Å². The molecule has 0 saturated carbocycles. The molecule has 1 aliphatic heterocycles. The highest BCUT2D eigenvalue weighted by Gasteiger charge is 2.26. The summed E-state index contributed by atoms with van der Waals surface area (Å²) in [6, 6.07) is 6.73. The van der Waals surface area contributed by atoms with Gasteiger partial charge in [0.1, 0.15) is 5.82 Å². The van der Waals surface area contributed by atoms with E-state index in [-0.39, 0.29) is 11.6 Å². The van der Waals surface area contributed by atoms with Gasteiger partial charge in [-0.15, -0.1) is 0 Å². The molecule has 2 nitrogen and oxygen atoms in total. The molecule has 0 radical (unpaired) electrons. The van der Waals surface area contributed by atoms with Crippen molar-refractivity contribution >= 4 is 5.78 Å². The Labute approximate surface area is 108 Å². The third kappa shape index (κ3) is 2.96. The predicted octanol–water partition coefficient (Wildman–Crippen LogP) is 3.27. The number of carbonyl (C=O) groups excluding carboxylic acids is 1. The lowest BCUT2D eigenvalue weighted by Gasteiger charge is -2.38. The summed E-state index contributed by atoms with van der Waals surface area (Å²) >= 11 is 0. The lowest BCUT2D eigenvalue weighted by Crippen LogP contribution is -2.46. The molecule has 98 valence electrons. The van der Waals surface area contributed by atoms with Crippen molar-refractivity contribution in [2.75, 3.05) is 6.54 Å². The van der Waals surface area contributed by atoms with Gasteiger partial charge in [-0.3, -0.25) is 9.69 Å². The number of rotatable bonds is 3. The molecule has 1 fully saturated rings. The van der Waals surface area contributed by atoms with E-state index in [0.717, 1.165) is 12.8 Å². The van der Waals surface area contributed by atoms with Crippen molar-refractivity contribution in [3.8, 4) is 0 Å². The van der Waals surface area contributed by atoms with Crippen LogP contribution in [0.1, 0.15) is 43.5 Å². The Bertz CT molecular complexity index is 405. The smallest absolute Gasteiger partial charge is 0.176 e. The summed E-state index contributed by atoms with van der Waals surface area (Å²) in [5.74, 6) is -0.221. The first-order valence-corrected chi connectivity index (χ1v) is 6.62. The van der Waals surface area contributed by atoms with Crippen molar-refractivity contribution in [2.45, 2.75) is 45.2 Å². The summed E-state index contributed by atoms with van der Waals surface area (Å²) in [5.41, 5.74) is 0.598. The zero-order valence-corrected chi connectivity index (χ0v) is 11.0. The number of piperidine rings is 1. The lowest BCUT2D eigenvalue weighted by molar-refractivity contribution is 0.0734. The van der Waals surface area contributed by atoms with Crippen LogP contribution in [0.5, 0.6) is 0 Å². The fourth-order valence-electron chi connectivity index (χ4n) is 2.68. The molecular formula is C15H20FNO. The Morgan fingerprint density at radius 2 is 1.78 bits per heavy atom. The molecule has 1 aromatic carbocycles. The van der Waals surface area contributed by atoms with Gasteiger partial charge in [0, 0.05) is 17.6 Å². The van der Waals surface area contributed by atoms with Crippen LogP contribution >= 0.6 is 0 Å². The maximum absolute atomic E-state index is 12.8. The molecule has 18 heavy (non-hydrogen) atoms. The summed E-state index contributed by atoms with van der Waals surface area (Å²) in [7, 11) is 0. The molecule has 1 heterocycles. The van der Waals surface area contributed by atoms with Crippen LogP contribution in [-0.4, -0.2) is 29.3 Å². The molecule has 1 saturated heterocycles. The number of hydrogen-bond acceptors (Lipinski definition) is 2. The average Bonchev–Trinajstić information content (AvgIpc) is 2.34. The number of benzene rings is 1. The largest absolute Gasteiger partial charge is 0.293 e. The van der Waals surface area contributed by atoms with E-state index < -0.39 is 0 Å². The second-order valence-corrected chi connectivity index (χ2v) is 5.23. The Hall–Kier alpha value is -1.22. The standard InChI is InChI=1S/C15H20FNO/c1-11-4-3-5-12(2)17(11)10-15(18)13-6-8-14(16)9-7-13/h6-9,11-12H,3-5,10H2,1-2H3/t11-,12+. The molecule has 0 unspecified atom stereocenters. The van der Waals surface area contributed by atoms with E-state index in [1.807, 2.05) is 0 Å². The van der Waals surface area contributed by atoms with Crippen molar-refractivity contribution in [1.29, 1.82) is 0 Å². The van der Waals surface area contributed by atoms with Gasteiger partial charge in [-0.1, -0.05) is 6.42 Å². The molecule has 0 N–H and O–H groups in total. The van der Waals surface area contributed by atoms with Gasteiger partial charge in [-0.25, -0.2) is 4.39 Å². The third-order valence-corrected chi connectivity index (χ3v) is 3.87. The van der Waals surface area contributed by atoms with E-state index in [1.54, 1.807) is 12.1 Å². The average molecular weight is 249 g/mol. The van der Waals surface area contributed by atoms with Crippen LogP contribution < -0.4 is 0 Å². The maximum atomic E-state index is 12.8. The number of carbonyl (C=O) groups is 1. The summed E-state index contributed by atoms with van der Waals surface area (Å²) in [5, 5.41) is 0. The van der Waals surface area contributed by atoms with Gasteiger partial charge >= 0.3 is 0 Å². The van der Waals surface area contributed by atoms with Gasteiger partial charge in [-0.2, -0.15) is 0 Å². The predicted molar refractivity (Wildman–Crippen MR) is 70.2 cm³/mol. The van der Waals surface area contributed by atoms with Crippen molar-refractivity contribution in [1.82, 2.24) is 4.90 Å². The molecule has 0 spiro atoms. The molecule has 1 aliphatic rings. The van der Waals surface area contributed by atoms with E-state index >= 15 is 0 Å². The highest BCUT2D eigenvalue weighted by atomic mass is 19.1. The van der Waals surface area contributed by atoms with Crippen LogP contribution in [0, 0.1) is 5.82 Å². The van der Waals surface area contributed by atoms with Crippen molar-refractivity contribution in [3.05, 3.63) is 35.6 Å².